The van der Waals surface area contributed by atoms with Crippen molar-refractivity contribution in [1.29, 1.82) is 0 Å². The van der Waals surface area contributed by atoms with Crippen LogP contribution < -0.4 is 5.32 Å². The van der Waals surface area contributed by atoms with Gasteiger partial charge in [0.1, 0.15) is 0 Å². The minimum atomic E-state index is 0.566. The predicted octanol–water partition coefficient (Wildman–Crippen LogP) is 1.75. The van der Waals surface area contributed by atoms with Gasteiger partial charge in [0.25, 0.3) is 0 Å². The average molecular weight is 158 g/mol. The molecule has 10 heavy (non-hydrogen) atoms. The van der Waals surface area contributed by atoms with Gasteiger partial charge < -0.3 is 5.32 Å². The molecule has 0 atom stereocenters. The number of hydrogen-bond donors (Lipinski definition) is 1. The molecule has 0 aromatic carbocycles. The lowest BCUT2D eigenvalue weighted by Crippen LogP contribution is -2.12. The van der Waals surface area contributed by atoms with Crippen LogP contribution in [0.4, 0.5) is 0 Å². The summed E-state index contributed by atoms with van der Waals surface area (Å²) in [7, 11) is 1.78. The highest BCUT2D eigenvalue weighted by atomic mass is 32.1. The first-order valence-electron chi connectivity index (χ1n) is 3.55. The summed E-state index contributed by atoms with van der Waals surface area (Å²) in [5, 5.41) is 3.34. The first kappa shape index (κ1) is 9.56. The van der Waals surface area contributed by atoms with Crippen molar-refractivity contribution in [2.24, 2.45) is 4.99 Å². The normalized spacial score (nSPS) is 10.2. The van der Waals surface area contributed by atoms with E-state index in [1.807, 2.05) is 6.21 Å². The SMILES string of the molecule is CCCCC=NC(=S)NC. The number of nitrogens with zero attached hydrogens (tertiary/aromatic N) is 1. The molecule has 2 nitrogen and oxygen atoms in total. The lowest BCUT2D eigenvalue weighted by molar-refractivity contribution is 0.843. The second-order valence-corrected chi connectivity index (χ2v) is 2.40. The topological polar surface area (TPSA) is 24.4 Å². The molecular weight excluding hydrogens is 144 g/mol. The van der Waals surface area contributed by atoms with Crippen LogP contribution in [0.5, 0.6) is 0 Å². The van der Waals surface area contributed by atoms with Gasteiger partial charge in [0, 0.05) is 13.3 Å². The number of nitrogens with one attached hydrogen (secondary N) is 1. The summed E-state index contributed by atoms with van der Waals surface area (Å²) in [6, 6.07) is 0. The highest BCUT2D eigenvalue weighted by Crippen LogP contribution is 1.89. The van der Waals surface area contributed by atoms with Crippen molar-refractivity contribution >= 4 is 23.5 Å². The molecule has 0 fully saturated rings. The van der Waals surface area contributed by atoms with E-state index in [4.69, 9.17) is 12.2 Å². The van der Waals surface area contributed by atoms with Crippen LogP contribution in [0.2, 0.25) is 0 Å². The van der Waals surface area contributed by atoms with E-state index in [9.17, 15) is 0 Å². The van der Waals surface area contributed by atoms with E-state index in [-0.39, 0.29) is 0 Å². The van der Waals surface area contributed by atoms with Crippen LogP contribution in [0.3, 0.4) is 0 Å². The first-order valence-corrected chi connectivity index (χ1v) is 3.96. The summed E-state index contributed by atoms with van der Waals surface area (Å²) in [6.45, 7) is 2.16. The van der Waals surface area contributed by atoms with Gasteiger partial charge in [-0.15, -0.1) is 0 Å². The van der Waals surface area contributed by atoms with E-state index >= 15 is 0 Å². The maximum atomic E-state index is 4.80. The van der Waals surface area contributed by atoms with E-state index in [0.29, 0.717) is 5.11 Å². The van der Waals surface area contributed by atoms with Crippen molar-refractivity contribution in [3.63, 3.8) is 0 Å². The van der Waals surface area contributed by atoms with E-state index in [2.05, 4.69) is 17.2 Å². The van der Waals surface area contributed by atoms with Gasteiger partial charge in [-0.05, 0) is 25.1 Å². The third kappa shape index (κ3) is 5.69. The van der Waals surface area contributed by atoms with Crippen LogP contribution in [0, 0.1) is 0 Å². The molecule has 0 spiro atoms. The van der Waals surface area contributed by atoms with Crippen LogP contribution in [0.1, 0.15) is 26.2 Å². The van der Waals surface area contributed by atoms with Gasteiger partial charge in [0.15, 0.2) is 5.11 Å². The van der Waals surface area contributed by atoms with Gasteiger partial charge in [-0.25, -0.2) is 4.99 Å². The Morgan fingerprint density at radius 1 is 1.70 bits per heavy atom. The molecule has 0 radical (unpaired) electrons. The van der Waals surface area contributed by atoms with Crippen LogP contribution in [0.25, 0.3) is 0 Å². The minimum Gasteiger partial charge on any atom is -0.364 e. The summed E-state index contributed by atoms with van der Waals surface area (Å²) in [6.07, 6.45) is 5.29. The maximum absolute atomic E-state index is 4.80. The Kier molecular flexibility index (Phi) is 6.38. The molecule has 0 heterocycles. The smallest absolute Gasteiger partial charge is 0.192 e. The molecule has 0 saturated heterocycles. The molecule has 1 N–H and O–H groups in total. The molecule has 0 bridgehead atoms. The molecule has 0 aliphatic carbocycles. The van der Waals surface area contributed by atoms with Crippen LogP contribution in [0.15, 0.2) is 4.99 Å². The van der Waals surface area contributed by atoms with Gasteiger partial charge in [0.05, 0.1) is 0 Å². The molecule has 3 heteroatoms. The van der Waals surface area contributed by atoms with Crippen molar-refractivity contribution in [1.82, 2.24) is 5.32 Å². The number of thiocarbonyl (C=S) groups is 1. The highest BCUT2D eigenvalue weighted by Gasteiger charge is 1.82. The fraction of sp³-hybridized carbons (Fsp3) is 0.714. The van der Waals surface area contributed by atoms with Gasteiger partial charge in [-0.3, -0.25) is 0 Å². The maximum Gasteiger partial charge on any atom is 0.192 e. The summed E-state index contributed by atoms with van der Waals surface area (Å²) in [4.78, 5) is 3.98. The Bertz CT molecular complexity index is 121. The third-order valence-electron chi connectivity index (χ3n) is 1.11. The van der Waals surface area contributed by atoms with Gasteiger partial charge in [-0.1, -0.05) is 13.3 Å². The summed E-state index contributed by atoms with van der Waals surface area (Å²) in [5.41, 5.74) is 0. The molecule has 0 aliphatic rings. The molecule has 0 unspecified atom stereocenters. The fourth-order valence-electron chi connectivity index (χ4n) is 0.507. The molecule has 0 amide bonds. The van der Waals surface area contributed by atoms with E-state index in [1.54, 1.807) is 7.05 Å². The Morgan fingerprint density at radius 2 is 2.40 bits per heavy atom. The first-order chi connectivity index (χ1) is 4.81. The Balaban J connectivity index is 3.27. The summed E-state index contributed by atoms with van der Waals surface area (Å²) >= 11 is 4.80. The number of aliphatic imine (C=N–C) groups is 1. The van der Waals surface area contributed by atoms with Crippen molar-refractivity contribution in [2.75, 3.05) is 7.05 Å². The molecule has 0 aromatic rings. The van der Waals surface area contributed by atoms with Gasteiger partial charge in [0.2, 0.25) is 0 Å². The zero-order chi connectivity index (χ0) is 7.82. The molecular formula is C7H14N2S. The van der Waals surface area contributed by atoms with Crippen LogP contribution in [-0.2, 0) is 0 Å². The van der Waals surface area contributed by atoms with Crippen molar-refractivity contribution in [2.45, 2.75) is 26.2 Å². The number of hydrogen-bond acceptors (Lipinski definition) is 1. The molecule has 0 rings (SSSR count). The largest absolute Gasteiger partial charge is 0.364 e. The second-order valence-electron chi connectivity index (χ2n) is 2.01. The number of rotatable bonds is 3. The van der Waals surface area contributed by atoms with Crippen LogP contribution in [-0.4, -0.2) is 18.4 Å². The number of unbranched alkanes of at least 4 members (excludes halogenated alkanes) is 2. The monoisotopic (exact) mass is 158 g/mol. The second kappa shape index (κ2) is 6.68. The van der Waals surface area contributed by atoms with E-state index < -0.39 is 0 Å². The lowest BCUT2D eigenvalue weighted by Gasteiger charge is -1.92. The van der Waals surface area contributed by atoms with E-state index in [0.717, 1.165) is 6.42 Å². The highest BCUT2D eigenvalue weighted by molar-refractivity contribution is 7.80. The predicted molar refractivity (Wildman–Crippen MR) is 49.7 cm³/mol. The van der Waals surface area contributed by atoms with Gasteiger partial charge in [-0.2, -0.15) is 0 Å². The van der Waals surface area contributed by atoms with Crippen molar-refractivity contribution in [3.05, 3.63) is 0 Å². The standard InChI is InChI=1S/C7H14N2S/c1-3-4-5-6-9-7(10)8-2/h6H,3-5H2,1-2H3,(H,8,10). The quantitative estimate of drug-likeness (QED) is 0.384. The zero-order valence-electron chi connectivity index (χ0n) is 6.55. The Labute approximate surface area is 67.7 Å². The Morgan fingerprint density at radius 3 is 2.90 bits per heavy atom. The fourth-order valence-corrected chi connectivity index (χ4v) is 0.582. The Hall–Kier alpha value is -0.440. The minimum absolute atomic E-state index is 0.566. The summed E-state index contributed by atoms with van der Waals surface area (Å²) in [5.74, 6) is 0. The van der Waals surface area contributed by atoms with Gasteiger partial charge >= 0.3 is 0 Å². The zero-order valence-corrected chi connectivity index (χ0v) is 7.37. The van der Waals surface area contributed by atoms with Crippen LogP contribution >= 0.6 is 12.2 Å². The van der Waals surface area contributed by atoms with Crippen molar-refractivity contribution in [3.8, 4) is 0 Å². The van der Waals surface area contributed by atoms with Crippen molar-refractivity contribution < 1.29 is 0 Å². The average Bonchev–Trinajstić information content (AvgIpc) is 1.98. The molecule has 58 valence electrons. The molecule has 0 aliphatic heterocycles. The summed E-state index contributed by atoms with van der Waals surface area (Å²) < 4.78 is 0. The lowest BCUT2D eigenvalue weighted by atomic mass is 10.3. The molecule has 0 saturated carbocycles. The van der Waals surface area contributed by atoms with E-state index in [1.165, 1.54) is 12.8 Å². The molecule has 0 aromatic heterocycles. The third-order valence-corrected chi connectivity index (χ3v) is 1.42.